The summed E-state index contributed by atoms with van der Waals surface area (Å²) in [6.45, 7) is 2.32. The summed E-state index contributed by atoms with van der Waals surface area (Å²) < 4.78 is 46.6. The van der Waals surface area contributed by atoms with Gasteiger partial charge in [-0.1, -0.05) is 61.5 Å². The van der Waals surface area contributed by atoms with Crippen molar-refractivity contribution in [3.05, 3.63) is 108 Å². The number of sulfonamides is 1. The van der Waals surface area contributed by atoms with E-state index in [1.165, 1.54) is 4.31 Å². The average Bonchev–Trinajstić information content (AvgIpc) is 3.50. The maximum atomic E-state index is 14.1. The Balaban J connectivity index is 1.47. The topological polar surface area (TPSA) is 85.3 Å². The number of hydrogen-bond acceptors (Lipinski definition) is 6. The van der Waals surface area contributed by atoms with Crippen LogP contribution in [0, 0.1) is 0 Å². The molecule has 6 rings (SSSR count). The number of fused-ring (bicyclic) bond motifs is 2. The van der Waals surface area contributed by atoms with Crippen molar-refractivity contribution in [2.24, 2.45) is 0 Å². The summed E-state index contributed by atoms with van der Waals surface area (Å²) in [5, 5.41) is 10.8. The van der Waals surface area contributed by atoms with Crippen LogP contribution < -0.4 is 18.5 Å². The number of nitrogens with zero attached hydrogens (tertiary/aromatic N) is 1. The molecule has 2 aliphatic heterocycles. The lowest BCUT2D eigenvalue weighted by molar-refractivity contribution is 0.174. The van der Waals surface area contributed by atoms with Gasteiger partial charge in [-0.25, -0.2) is 8.42 Å². The van der Waals surface area contributed by atoms with Gasteiger partial charge in [-0.2, -0.15) is 0 Å². The molecule has 188 valence electrons. The van der Waals surface area contributed by atoms with Crippen molar-refractivity contribution < 1.29 is 27.7 Å². The number of aromatic hydroxyl groups is 1. The first-order valence-corrected chi connectivity index (χ1v) is 13.4. The third kappa shape index (κ3) is 4.03. The molecule has 2 unspecified atom stereocenters. The Morgan fingerprint density at radius 3 is 2.38 bits per heavy atom. The third-order valence-electron chi connectivity index (χ3n) is 6.84. The van der Waals surface area contributed by atoms with Crippen LogP contribution in [-0.4, -0.2) is 20.3 Å². The molecule has 0 amide bonds. The molecule has 0 saturated carbocycles. The van der Waals surface area contributed by atoms with Gasteiger partial charge in [-0.15, -0.1) is 0 Å². The van der Waals surface area contributed by atoms with E-state index >= 15 is 0 Å². The molecule has 2 atom stereocenters. The Morgan fingerprint density at radius 1 is 0.919 bits per heavy atom. The predicted octanol–water partition coefficient (Wildman–Crippen LogP) is 5.75. The molecular formula is C29H25NO6S. The summed E-state index contributed by atoms with van der Waals surface area (Å²) >= 11 is 0. The highest BCUT2D eigenvalue weighted by molar-refractivity contribution is 7.92. The third-order valence-corrected chi connectivity index (χ3v) is 8.65. The lowest BCUT2D eigenvalue weighted by Gasteiger charge is -2.29. The number of phenols is 1. The van der Waals surface area contributed by atoms with Crippen molar-refractivity contribution in [1.82, 2.24) is 0 Å². The van der Waals surface area contributed by atoms with Crippen LogP contribution in [0.25, 0.3) is 0 Å². The second-order valence-corrected chi connectivity index (χ2v) is 10.9. The van der Waals surface area contributed by atoms with Crippen LogP contribution in [0.15, 0.2) is 95.9 Å². The second kappa shape index (κ2) is 9.05. The lowest BCUT2D eigenvalue weighted by Crippen LogP contribution is -2.33. The molecule has 1 N–H and O–H groups in total. The maximum absolute atomic E-state index is 14.1. The van der Waals surface area contributed by atoms with Crippen molar-refractivity contribution >= 4 is 15.7 Å². The van der Waals surface area contributed by atoms with E-state index in [-0.39, 0.29) is 35.7 Å². The normalized spacial score (nSPS) is 18.0. The van der Waals surface area contributed by atoms with Crippen LogP contribution in [0.1, 0.15) is 35.6 Å². The highest BCUT2D eigenvalue weighted by Crippen LogP contribution is 2.54. The number of phenolic OH excluding ortho intramolecular Hbond substituents is 1. The quantitative estimate of drug-likeness (QED) is 0.352. The molecule has 2 heterocycles. The molecule has 0 fully saturated rings. The molecule has 0 saturated heterocycles. The van der Waals surface area contributed by atoms with Gasteiger partial charge in [0.1, 0.15) is 6.61 Å². The van der Waals surface area contributed by atoms with Crippen molar-refractivity contribution in [3.8, 4) is 23.0 Å². The molecule has 0 bridgehead atoms. The van der Waals surface area contributed by atoms with Gasteiger partial charge in [0.25, 0.3) is 10.0 Å². The van der Waals surface area contributed by atoms with Gasteiger partial charge in [-0.3, -0.25) is 4.31 Å². The molecule has 0 spiro atoms. The molecule has 0 aliphatic carbocycles. The molecule has 4 aromatic rings. The van der Waals surface area contributed by atoms with E-state index in [1.54, 1.807) is 48.5 Å². The zero-order chi connectivity index (χ0) is 25.6. The van der Waals surface area contributed by atoms with Crippen LogP contribution in [0.3, 0.4) is 0 Å². The molecule has 0 aromatic heterocycles. The second-order valence-electron chi connectivity index (χ2n) is 9.11. The Morgan fingerprint density at radius 2 is 1.62 bits per heavy atom. The van der Waals surface area contributed by atoms with E-state index in [2.05, 4.69) is 0 Å². The molecule has 8 heteroatoms. The fourth-order valence-corrected chi connectivity index (χ4v) is 6.76. The average molecular weight is 516 g/mol. The molecule has 37 heavy (non-hydrogen) atoms. The van der Waals surface area contributed by atoms with Gasteiger partial charge in [0.2, 0.25) is 6.79 Å². The fraction of sp³-hybridized carbons (Fsp3) is 0.172. The van der Waals surface area contributed by atoms with Gasteiger partial charge in [0.15, 0.2) is 23.0 Å². The molecule has 7 nitrogen and oxygen atoms in total. The van der Waals surface area contributed by atoms with E-state index in [0.29, 0.717) is 22.7 Å². The van der Waals surface area contributed by atoms with Crippen LogP contribution >= 0.6 is 0 Å². The number of hydrogen-bond donors (Lipinski definition) is 1. The number of ether oxygens (including phenoxy) is 3. The monoisotopic (exact) mass is 515 g/mol. The molecule has 0 radical (unpaired) electrons. The molecule has 4 aromatic carbocycles. The number of rotatable bonds is 6. The van der Waals surface area contributed by atoms with Crippen LogP contribution in [-0.2, 0) is 16.6 Å². The summed E-state index contributed by atoms with van der Waals surface area (Å²) in [7, 11) is -3.97. The highest BCUT2D eigenvalue weighted by Gasteiger charge is 2.45. The Kier molecular flexibility index (Phi) is 5.68. The number of anilines is 1. The first kappa shape index (κ1) is 23.2. The summed E-state index contributed by atoms with van der Waals surface area (Å²) in [6, 6.07) is 26.1. The minimum atomic E-state index is -3.97. The van der Waals surface area contributed by atoms with Gasteiger partial charge in [0.05, 0.1) is 16.6 Å². The van der Waals surface area contributed by atoms with E-state index < -0.39 is 16.1 Å². The summed E-state index contributed by atoms with van der Waals surface area (Å²) in [5.74, 6) is 1.12. The van der Waals surface area contributed by atoms with Crippen LogP contribution in [0.4, 0.5) is 5.69 Å². The fourth-order valence-electron chi connectivity index (χ4n) is 5.01. The summed E-state index contributed by atoms with van der Waals surface area (Å²) in [6.07, 6.45) is 0. The van der Waals surface area contributed by atoms with Crippen LogP contribution in [0.5, 0.6) is 23.0 Å². The number of benzene rings is 4. The van der Waals surface area contributed by atoms with Gasteiger partial charge in [0, 0.05) is 12.0 Å². The Bertz CT molecular complexity index is 1560. The minimum absolute atomic E-state index is 0.0371. The SMILES string of the molecule is CC1c2cc(O)c(OCc3ccccc3)cc2N(S(=O)(=O)c2ccccc2)C1c1ccc2c(c1)OCO2. The van der Waals surface area contributed by atoms with E-state index in [0.717, 1.165) is 11.1 Å². The van der Waals surface area contributed by atoms with E-state index in [4.69, 9.17) is 14.2 Å². The van der Waals surface area contributed by atoms with Crippen molar-refractivity contribution in [2.45, 2.75) is 30.4 Å². The first-order valence-electron chi connectivity index (χ1n) is 12.0. The van der Waals surface area contributed by atoms with Gasteiger partial charge < -0.3 is 19.3 Å². The predicted molar refractivity (Wildman–Crippen MR) is 139 cm³/mol. The van der Waals surface area contributed by atoms with Gasteiger partial charge in [-0.05, 0) is 47.0 Å². The zero-order valence-corrected chi connectivity index (χ0v) is 20.9. The minimum Gasteiger partial charge on any atom is -0.504 e. The Hall–Kier alpha value is -4.17. The first-order chi connectivity index (χ1) is 17.9. The highest BCUT2D eigenvalue weighted by atomic mass is 32.2. The maximum Gasteiger partial charge on any atom is 0.264 e. The largest absolute Gasteiger partial charge is 0.504 e. The zero-order valence-electron chi connectivity index (χ0n) is 20.1. The molecule has 2 aliphatic rings. The lowest BCUT2D eigenvalue weighted by atomic mass is 9.92. The van der Waals surface area contributed by atoms with E-state index in [9.17, 15) is 13.5 Å². The standard InChI is InChI=1S/C29H25NO6S/c1-19-23-15-25(31)27(34-17-20-8-4-2-5-9-20)16-24(23)30(37(32,33)22-10-6-3-7-11-22)29(19)21-12-13-26-28(14-21)36-18-35-26/h2-16,19,29,31H,17-18H2,1H3. The van der Waals surface area contributed by atoms with E-state index in [1.807, 2.05) is 49.4 Å². The van der Waals surface area contributed by atoms with Crippen molar-refractivity contribution in [3.63, 3.8) is 0 Å². The summed E-state index contributed by atoms with van der Waals surface area (Å²) in [4.78, 5) is 0.181. The van der Waals surface area contributed by atoms with Crippen molar-refractivity contribution in [1.29, 1.82) is 0 Å². The Labute approximate surface area is 215 Å². The smallest absolute Gasteiger partial charge is 0.264 e. The molecular weight excluding hydrogens is 490 g/mol. The summed E-state index contributed by atoms with van der Waals surface area (Å²) in [5.41, 5.74) is 2.88. The van der Waals surface area contributed by atoms with Crippen LogP contribution in [0.2, 0.25) is 0 Å². The van der Waals surface area contributed by atoms with Gasteiger partial charge >= 0.3 is 0 Å². The van der Waals surface area contributed by atoms with Crippen molar-refractivity contribution in [2.75, 3.05) is 11.1 Å².